The maximum atomic E-state index is 11.2. The summed E-state index contributed by atoms with van der Waals surface area (Å²) >= 11 is 0. The van der Waals surface area contributed by atoms with E-state index < -0.39 is 5.92 Å². The van der Waals surface area contributed by atoms with Crippen LogP contribution in [-0.4, -0.2) is 29.2 Å². The minimum Gasteiger partial charge on any atom is -0.468 e. The van der Waals surface area contributed by atoms with Crippen molar-refractivity contribution in [1.82, 2.24) is 9.55 Å². The zero-order valence-electron chi connectivity index (χ0n) is 7.73. The monoisotopic (exact) mass is 183 g/mol. The molecule has 1 unspecified atom stereocenters. The molecule has 5 nitrogen and oxygen atoms in total. The SMILES string of the molecule is COC(=O)C(CN)c1cn(C)cn1. The van der Waals surface area contributed by atoms with Crippen molar-refractivity contribution < 1.29 is 9.53 Å². The second-order valence-corrected chi connectivity index (χ2v) is 2.78. The highest BCUT2D eigenvalue weighted by Crippen LogP contribution is 2.12. The van der Waals surface area contributed by atoms with Crippen LogP contribution in [0.4, 0.5) is 0 Å². The maximum Gasteiger partial charge on any atom is 0.316 e. The second-order valence-electron chi connectivity index (χ2n) is 2.78. The minimum absolute atomic E-state index is 0.212. The molecule has 0 saturated heterocycles. The molecule has 1 atom stereocenters. The Balaban J connectivity index is 2.84. The summed E-state index contributed by atoms with van der Waals surface area (Å²) in [5, 5.41) is 0. The Morgan fingerprint density at radius 2 is 2.54 bits per heavy atom. The first-order valence-electron chi connectivity index (χ1n) is 3.94. The first kappa shape index (κ1) is 9.73. The predicted molar refractivity (Wildman–Crippen MR) is 47.0 cm³/mol. The number of aryl methyl sites for hydroxylation is 1. The van der Waals surface area contributed by atoms with Crippen molar-refractivity contribution in [2.75, 3.05) is 13.7 Å². The van der Waals surface area contributed by atoms with E-state index in [1.807, 2.05) is 7.05 Å². The molecule has 0 aliphatic heterocycles. The molecule has 5 heteroatoms. The molecule has 0 aromatic carbocycles. The van der Waals surface area contributed by atoms with Gasteiger partial charge in [-0.15, -0.1) is 0 Å². The fourth-order valence-electron chi connectivity index (χ4n) is 1.09. The first-order chi connectivity index (χ1) is 6.19. The van der Waals surface area contributed by atoms with Gasteiger partial charge in [-0.05, 0) is 0 Å². The quantitative estimate of drug-likeness (QED) is 0.649. The number of carbonyl (C=O) groups is 1. The molecular weight excluding hydrogens is 170 g/mol. The van der Waals surface area contributed by atoms with Crippen LogP contribution in [0.3, 0.4) is 0 Å². The third-order valence-electron chi connectivity index (χ3n) is 1.80. The molecule has 0 amide bonds. The van der Waals surface area contributed by atoms with E-state index in [4.69, 9.17) is 5.73 Å². The van der Waals surface area contributed by atoms with Crippen LogP contribution >= 0.6 is 0 Å². The zero-order chi connectivity index (χ0) is 9.84. The van der Waals surface area contributed by atoms with E-state index in [0.717, 1.165) is 0 Å². The van der Waals surface area contributed by atoms with Gasteiger partial charge in [-0.1, -0.05) is 0 Å². The highest BCUT2D eigenvalue weighted by Gasteiger charge is 2.21. The standard InChI is InChI=1S/C8H13N3O2/c1-11-4-7(10-5-11)6(3-9)8(12)13-2/h4-6H,3,9H2,1-2H3. The van der Waals surface area contributed by atoms with Crippen LogP contribution in [0.2, 0.25) is 0 Å². The molecule has 2 N–H and O–H groups in total. The van der Waals surface area contributed by atoms with Crippen LogP contribution in [0, 0.1) is 0 Å². The van der Waals surface area contributed by atoms with Crippen molar-refractivity contribution in [1.29, 1.82) is 0 Å². The molecule has 0 saturated carbocycles. The lowest BCUT2D eigenvalue weighted by Gasteiger charge is -2.08. The number of imidazole rings is 1. The number of nitrogens with two attached hydrogens (primary N) is 1. The largest absolute Gasteiger partial charge is 0.468 e. The Bertz CT molecular complexity index is 295. The molecule has 0 aliphatic carbocycles. The van der Waals surface area contributed by atoms with Crippen LogP contribution in [0.25, 0.3) is 0 Å². The van der Waals surface area contributed by atoms with Gasteiger partial charge >= 0.3 is 5.97 Å². The lowest BCUT2D eigenvalue weighted by Crippen LogP contribution is -2.23. The molecule has 72 valence electrons. The number of methoxy groups -OCH3 is 1. The number of aromatic nitrogens is 2. The zero-order valence-corrected chi connectivity index (χ0v) is 7.73. The van der Waals surface area contributed by atoms with E-state index in [2.05, 4.69) is 9.72 Å². The van der Waals surface area contributed by atoms with Gasteiger partial charge in [0.2, 0.25) is 0 Å². The van der Waals surface area contributed by atoms with Crippen LogP contribution in [0.15, 0.2) is 12.5 Å². The summed E-state index contributed by atoms with van der Waals surface area (Å²) in [6.45, 7) is 0.212. The van der Waals surface area contributed by atoms with E-state index >= 15 is 0 Å². The van der Waals surface area contributed by atoms with Crippen molar-refractivity contribution >= 4 is 5.97 Å². The third-order valence-corrected chi connectivity index (χ3v) is 1.80. The first-order valence-corrected chi connectivity index (χ1v) is 3.94. The van der Waals surface area contributed by atoms with E-state index in [1.165, 1.54) is 7.11 Å². The number of nitrogens with zero attached hydrogens (tertiary/aromatic N) is 2. The van der Waals surface area contributed by atoms with Crippen LogP contribution in [0.1, 0.15) is 11.6 Å². The van der Waals surface area contributed by atoms with E-state index in [1.54, 1.807) is 17.1 Å². The molecule has 0 fully saturated rings. The van der Waals surface area contributed by atoms with Crippen molar-refractivity contribution in [3.63, 3.8) is 0 Å². The Morgan fingerprint density at radius 1 is 1.85 bits per heavy atom. The van der Waals surface area contributed by atoms with E-state index in [9.17, 15) is 4.79 Å². The van der Waals surface area contributed by atoms with Crippen LogP contribution < -0.4 is 5.73 Å². The Hall–Kier alpha value is -1.36. The average molecular weight is 183 g/mol. The maximum absolute atomic E-state index is 11.2. The number of rotatable bonds is 3. The molecule has 0 aliphatic rings. The number of hydrogen-bond acceptors (Lipinski definition) is 4. The number of carbonyl (C=O) groups excluding carboxylic acids is 1. The van der Waals surface area contributed by atoms with Gasteiger partial charge in [0.1, 0.15) is 5.92 Å². The van der Waals surface area contributed by atoms with Gasteiger partial charge in [-0.2, -0.15) is 0 Å². The van der Waals surface area contributed by atoms with Crippen molar-refractivity contribution in [3.05, 3.63) is 18.2 Å². The highest BCUT2D eigenvalue weighted by molar-refractivity contribution is 5.77. The summed E-state index contributed by atoms with van der Waals surface area (Å²) in [4.78, 5) is 15.2. The lowest BCUT2D eigenvalue weighted by atomic mass is 10.1. The molecule has 0 spiro atoms. The molecule has 1 aromatic heterocycles. The van der Waals surface area contributed by atoms with E-state index in [0.29, 0.717) is 5.69 Å². The van der Waals surface area contributed by atoms with Crippen molar-refractivity contribution in [2.24, 2.45) is 12.8 Å². The predicted octanol–water partition coefficient (Wildman–Crippen LogP) is -0.365. The summed E-state index contributed by atoms with van der Waals surface area (Å²) in [5.41, 5.74) is 6.09. The summed E-state index contributed by atoms with van der Waals surface area (Å²) in [6.07, 6.45) is 3.38. The minimum atomic E-state index is -0.453. The number of hydrogen-bond donors (Lipinski definition) is 1. The summed E-state index contributed by atoms with van der Waals surface area (Å²) in [7, 11) is 3.18. The second kappa shape index (κ2) is 4.04. The molecule has 13 heavy (non-hydrogen) atoms. The molecule has 1 aromatic rings. The van der Waals surface area contributed by atoms with Gasteiger partial charge in [-0.25, -0.2) is 4.98 Å². The highest BCUT2D eigenvalue weighted by atomic mass is 16.5. The van der Waals surface area contributed by atoms with Gasteiger partial charge in [0.25, 0.3) is 0 Å². The number of ether oxygens (including phenoxy) is 1. The summed E-state index contributed by atoms with van der Waals surface area (Å²) < 4.78 is 6.36. The average Bonchev–Trinajstić information content (AvgIpc) is 2.53. The summed E-state index contributed by atoms with van der Waals surface area (Å²) in [6, 6.07) is 0. The van der Waals surface area contributed by atoms with Crippen LogP contribution in [0.5, 0.6) is 0 Å². The van der Waals surface area contributed by atoms with Crippen LogP contribution in [-0.2, 0) is 16.6 Å². The topological polar surface area (TPSA) is 70.1 Å². The van der Waals surface area contributed by atoms with Crippen molar-refractivity contribution in [3.8, 4) is 0 Å². The molecule has 1 heterocycles. The number of esters is 1. The Kier molecular flexibility index (Phi) is 3.02. The van der Waals surface area contributed by atoms with Gasteiger partial charge in [0.15, 0.2) is 0 Å². The van der Waals surface area contributed by atoms with Gasteiger partial charge in [0, 0.05) is 19.8 Å². The third kappa shape index (κ3) is 2.06. The lowest BCUT2D eigenvalue weighted by molar-refractivity contribution is -0.142. The fourth-order valence-corrected chi connectivity index (χ4v) is 1.09. The Labute approximate surface area is 76.5 Å². The summed E-state index contributed by atoms with van der Waals surface area (Å²) in [5.74, 6) is -0.799. The smallest absolute Gasteiger partial charge is 0.316 e. The van der Waals surface area contributed by atoms with E-state index in [-0.39, 0.29) is 12.5 Å². The molecule has 0 radical (unpaired) electrons. The Morgan fingerprint density at radius 3 is 2.92 bits per heavy atom. The molecular formula is C8H13N3O2. The fraction of sp³-hybridized carbons (Fsp3) is 0.500. The molecule has 1 rings (SSSR count). The molecule has 0 bridgehead atoms. The van der Waals surface area contributed by atoms with Crippen molar-refractivity contribution in [2.45, 2.75) is 5.92 Å². The van der Waals surface area contributed by atoms with Gasteiger partial charge < -0.3 is 15.0 Å². The van der Waals surface area contributed by atoms with Gasteiger partial charge in [0.05, 0.1) is 19.1 Å². The normalized spacial score (nSPS) is 12.5. The van der Waals surface area contributed by atoms with Gasteiger partial charge in [-0.3, -0.25) is 4.79 Å².